The van der Waals surface area contributed by atoms with E-state index in [0.717, 1.165) is 22.1 Å². The summed E-state index contributed by atoms with van der Waals surface area (Å²) in [5.41, 5.74) is 3.03. The number of likely N-dealkylation sites (N-methyl/N-ethyl adjacent to an activating group) is 1. The van der Waals surface area contributed by atoms with Crippen LogP contribution in [0.25, 0.3) is 16.5 Å². The summed E-state index contributed by atoms with van der Waals surface area (Å²) in [4.78, 5) is 19.2. The molecular formula is C20H25N3O. The van der Waals surface area contributed by atoms with Crippen LogP contribution in [0.1, 0.15) is 31.8 Å². The fourth-order valence-electron chi connectivity index (χ4n) is 4.00. The average Bonchev–Trinajstić information content (AvgIpc) is 2.96. The maximum absolute atomic E-state index is 13.1. The van der Waals surface area contributed by atoms with E-state index in [1.54, 1.807) is 17.0 Å². The van der Waals surface area contributed by atoms with Gasteiger partial charge in [-0.05, 0) is 50.0 Å². The third-order valence-corrected chi connectivity index (χ3v) is 5.25. The molecule has 126 valence electrons. The number of H-pyrrole nitrogens is 1. The van der Waals surface area contributed by atoms with Crippen LogP contribution in [0.2, 0.25) is 0 Å². The molecule has 1 aromatic heterocycles. The van der Waals surface area contributed by atoms with E-state index in [9.17, 15) is 4.79 Å². The second-order valence-corrected chi connectivity index (χ2v) is 6.50. The van der Waals surface area contributed by atoms with Gasteiger partial charge in [-0.25, -0.2) is 0 Å². The normalized spacial score (nSPS) is 26.6. The molecule has 2 heterocycles. The van der Waals surface area contributed by atoms with Gasteiger partial charge >= 0.3 is 0 Å². The zero-order chi connectivity index (χ0) is 21.1. The van der Waals surface area contributed by atoms with E-state index in [1.165, 1.54) is 4.90 Å². The summed E-state index contributed by atoms with van der Waals surface area (Å²) >= 11 is 0. The van der Waals surface area contributed by atoms with Crippen molar-refractivity contribution in [1.29, 1.82) is 0 Å². The standard InChI is InChI=1S/C20H25N3O/c1-4-23(5-2)20(24)14-9-16-15-7-6-8-17-19(15)13(11-21-17)10-18(16)22(3)12-14/h6-9,11,14,18,21H,4-5,10,12H2,1-3H3/t14-,18-/m1/s1/i3D3,6D,11D. The molecule has 4 heteroatoms. The van der Waals surface area contributed by atoms with E-state index in [-0.39, 0.29) is 18.6 Å². The molecule has 0 spiro atoms. The Labute approximate surface area is 150 Å². The summed E-state index contributed by atoms with van der Waals surface area (Å²) in [5.74, 6) is -0.628. The molecule has 1 amide bonds. The van der Waals surface area contributed by atoms with Gasteiger partial charge in [-0.15, -0.1) is 0 Å². The van der Waals surface area contributed by atoms with Crippen LogP contribution >= 0.6 is 0 Å². The predicted molar refractivity (Wildman–Crippen MR) is 97.8 cm³/mol. The molecule has 1 aliphatic heterocycles. The van der Waals surface area contributed by atoms with Gasteiger partial charge in [-0.1, -0.05) is 18.2 Å². The largest absolute Gasteiger partial charge is 0.361 e. The zero-order valence-corrected chi connectivity index (χ0v) is 14.0. The smallest absolute Gasteiger partial charge is 0.230 e. The Morgan fingerprint density at radius 1 is 1.46 bits per heavy atom. The summed E-state index contributed by atoms with van der Waals surface area (Å²) in [6, 6.07) is 3.25. The lowest BCUT2D eigenvalue weighted by Crippen LogP contribution is -2.47. The van der Waals surface area contributed by atoms with Crippen molar-refractivity contribution in [3.05, 3.63) is 41.6 Å². The van der Waals surface area contributed by atoms with Crippen molar-refractivity contribution in [1.82, 2.24) is 14.8 Å². The number of carbonyl (C=O) groups is 1. The van der Waals surface area contributed by atoms with Crippen LogP contribution in [0, 0.1) is 5.92 Å². The number of carbonyl (C=O) groups excluding carboxylic acids is 1. The molecule has 4 rings (SSSR count). The number of benzene rings is 1. The van der Waals surface area contributed by atoms with E-state index < -0.39 is 18.9 Å². The lowest BCUT2D eigenvalue weighted by atomic mass is 9.79. The molecule has 1 aromatic carbocycles. The van der Waals surface area contributed by atoms with E-state index >= 15 is 0 Å². The number of aromatic nitrogens is 1. The topological polar surface area (TPSA) is 39.3 Å². The molecule has 2 aromatic rings. The number of aromatic amines is 1. The SMILES string of the molecule is [2H]c1cc2c3c(c([2H])[nH]c3c1)C[C@@H]1C2=C[C@@H](C(=O)N(CC)CC)CN1C([2H])([2H])[2H]. The fraction of sp³-hybridized carbons (Fsp3) is 0.450. The lowest BCUT2D eigenvalue weighted by molar-refractivity contribution is -0.134. The van der Waals surface area contributed by atoms with Gasteiger partial charge in [0.1, 0.15) is 0 Å². The molecule has 4 nitrogen and oxygen atoms in total. The Balaban J connectivity index is 1.91. The minimum absolute atomic E-state index is 0.0745. The van der Waals surface area contributed by atoms with Crippen molar-refractivity contribution in [2.45, 2.75) is 26.3 Å². The Morgan fingerprint density at radius 3 is 3.04 bits per heavy atom. The van der Waals surface area contributed by atoms with Gasteiger partial charge in [-0.2, -0.15) is 0 Å². The van der Waals surface area contributed by atoms with Crippen molar-refractivity contribution >= 4 is 22.4 Å². The summed E-state index contributed by atoms with van der Waals surface area (Å²) < 4.78 is 40.7. The van der Waals surface area contributed by atoms with Crippen LogP contribution in [0.4, 0.5) is 0 Å². The Kier molecular flexibility index (Phi) is 2.58. The summed E-state index contributed by atoms with van der Waals surface area (Å²) in [7, 11) is 0. The first-order chi connectivity index (χ1) is 13.7. The first-order valence-corrected chi connectivity index (χ1v) is 8.55. The zero-order valence-electron chi connectivity index (χ0n) is 19.0. The first-order valence-electron chi connectivity index (χ1n) is 11.0. The highest BCUT2D eigenvalue weighted by Gasteiger charge is 2.36. The summed E-state index contributed by atoms with van der Waals surface area (Å²) in [6.45, 7) is 2.73. The van der Waals surface area contributed by atoms with Crippen molar-refractivity contribution in [2.24, 2.45) is 5.92 Å². The van der Waals surface area contributed by atoms with E-state index in [0.29, 0.717) is 31.1 Å². The molecule has 0 fully saturated rings. The Bertz CT molecular complexity index is 1010. The highest BCUT2D eigenvalue weighted by Crippen LogP contribution is 2.40. The van der Waals surface area contributed by atoms with Gasteiger partial charge in [0.25, 0.3) is 0 Å². The molecule has 0 unspecified atom stereocenters. The van der Waals surface area contributed by atoms with Gasteiger partial charge in [-0.3, -0.25) is 9.69 Å². The number of rotatable bonds is 3. The minimum Gasteiger partial charge on any atom is -0.361 e. The molecule has 0 radical (unpaired) electrons. The quantitative estimate of drug-likeness (QED) is 0.941. The second-order valence-electron chi connectivity index (χ2n) is 6.50. The summed E-state index contributed by atoms with van der Waals surface area (Å²) in [6.07, 6.45) is 2.57. The number of hydrogen-bond donors (Lipinski definition) is 1. The minimum atomic E-state index is -2.36. The highest BCUT2D eigenvalue weighted by molar-refractivity contribution is 5.99. The molecule has 2 aliphatic rings. The third kappa shape index (κ3) is 2.20. The number of fused-ring (bicyclic) bond motifs is 2. The molecule has 0 saturated carbocycles. The second kappa shape index (κ2) is 5.78. The van der Waals surface area contributed by atoms with E-state index in [2.05, 4.69) is 4.98 Å². The van der Waals surface area contributed by atoms with Crippen LogP contribution in [0.15, 0.2) is 30.4 Å². The van der Waals surface area contributed by atoms with Gasteiger partial charge in [0.2, 0.25) is 5.91 Å². The van der Waals surface area contributed by atoms with Crippen molar-refractivity contribution in [3.63, 3.8) is 0 Å². The van der Waals surface area contributed by atoms with Gasteiger partial charge in [0.15, 0.2) is 0 Å². The van der Waals surface area contributed by atoms with Crippen molar-refractivity contribution in [3.8, 4) is 0 Å². The van der Waals surface area contributed by atoms with Gasteiger partial charge < -0.3 is 9.88 Å². The predicted octanol–water partition coefficient (Wildman–Crippen LogP) is 2.91. The van der Waals surface area contributed by atoms with Gasteiger partial charge in [0, 0.05) is 46.9 Å². The fourth-order valence-corrected chi connectivity index (χ4v) is 4.00. The maximum atomic E-state index is 13.1. The maximum Gasteiger partial charge on any atom is 0.230 e. The third-order valence-electron chi connectivity index (χ3n) is 5.25. The lowest BCUT2D eigenvalue weighted by Gasteiger charge is -2.40. The molecule has 24 heavy (non-hydrogen) atoms. The molecular weight excluding hydrogens is 298 g/mol. The number of amides is 1. The van der Waals surface area contributed by atoms with Crippen LogP contribution in [0.5, 0.6) is 0 Å². The van der Waals surface area contributed by atoms with Crippen molar-refractivity contribution in [2.75, 3.05) is 26.6 Å². The molecule has 0 saturated heterocycles. The van der Waals surface area contributed by atoms with Crippen molar-refractivity contribution < 1.29 is 11.6 Å². The van der Waals surface area contributed by atoms with E-state index in [1.807, 2.05) is 19.9 Å². The van der Waals surface area contributed by atoms with Crippen LogP contribution in [-0.2, 0) is 11.2 Å². The van der Waals surface area contributed by atoms with Crippen LogP contribution in [-0.4, -0.2) is 53.3 Å². The highest BCUT2D eigenvalue weighted by atomic mass is 16.2. The van der Waals surface area contributed by atoms with Gasteiger partial charge in [0.05, 0.1) is 8.66 Å². The van der Waals surface area contributed by atoms with E-state index in [4.69, 9.17) is 6.85 Å². The van der Waals surface area contributed by atoms with Crippen LogP contribution in [0.3, 0.4) is 0 Å². The first kappa shape index (κ1) is 10.7. The Hall–Kier alpha value is -2.07. The molecule has 0 bridgehead atoms. The average molecular weight is 328 g/mol. The molecule has 1 aliphatic carbocycles. The molecule has 1 N–H and O–H groups in total. The van der Waals surface area contributed by atoms with Crippen LogP contribution < -0.4 is 0 Å². The number of hydrogen-bond acceptors (Lipinski definition) is 2. The summed E-state index contributed by atoms with van der Waals surface area (Å²) in [5, 5.41) is 0.870. The monoisotopic (exact) mass is 328 g/mol. The number of nitrogens with zero attached hydrogens (tertiary/aromatic N) is 2. The molecule has 2 atom stereocenters. The Morgan fingerprint density at radius 2 is 2.29 bits per heavy atom. The number of nitrogens with one attached hydrogen (secondary N) is 1.